The van der Waals surface area contributed by atoms with Gasteiger partial charge in [0.2, 0.25) is 0 Å². The number of nitrogen functional groups attached to an aromatic ring is 1. The van der Waals surface area contributed by atoms with E-state index in [0.717, 1.165) is 7.11 Å². The second kappa shape index (κ2) is 3.13. The molecule has 0 saturated heterocycles. The van der Waals surface area contributed by atoms with Gasteiger partial charge in [0.05, 0.1) is 7.11 Å². The zero-order valence-corrected chi connectivity index (χ0v) is 6.71. The number of methoxy groups -OCH3 is 1. The van der Waals surface area contributed by atoms with E-state index in [-0.39, 0.29) is 11.4 Å². The van der Waals surface area contributed by atoms with Crippen LogP contribution in [0.25, 0.3) is 0 Å². The number of carbonyl (C=O) groups is 1. The number of rotatable bonds is 1. The van der Waals surface area contributed by atoms with E-state index in [1.807, 2.05) is 4.98 Å². The number of H-pyrrole nitrogens is 2. The van der Waals surface area contributed by atoms with Crippen molar-refractivity contribution < 1.29 is 9.53 Å². The molecule has 1 aromatic rings. The van der Waals surface area contributed by atoms with Crippen LogP contribution in [0.1, 0.15) is 10.5 Å². The summed E-state index contributed by atoms with van der Waals surface area (Å²) < 4.78 is 4.29. The summed E-state index contributed by atoms with van der Waals surface area (Å²) in [6.45, 7) is 0. The summed E-state index contributed by atoms with van der Waals surface area (Å²) >= 11 is 0. The van der Waals surface area contributed by atoms with Gasteiger partial charge in [-0.15, -0.1) is 0 Å². The van der Waals surface area contributed by atoms with Crippen LogP contribution in [0, 0.1) is 0 Å². The molecule has 0 fully saturated rings. The smallest absolute Gasteiger partial charge is 0.356 e. The van der Waals surface area contributed by atoms with Gasteiger partial charge in [-0.3, -0.25) is 14.8 Å². The lowest BCUT2D eigenvalue weighted by Gasteiger charge is -2.00. The molecule has 1 heterocycles. The van der Waals surface area contributed by atoms with Crippen LogP contribution in [0.3, 0.4) is 0 Å². The molecule has 7 heteroatoms. The van der Waals surface area contributed by atoms with Crippen LogP contribution in [-0.2, 0) is 4.74 Å². The Morgan fingerprint density at radius 1 is 1.38 bits per heavy atom. The van der Waals surface area contributed by atoms with Gasteiger partial charge in [-0.05, 0) is 0 Å². The van der Waals surface area contributed by atoms with Crippen LogP contribution in [0.2, 0.25) is 0 Å². The third-order valence-electron chi connectivity index (χ3n) is 1.37. The number of hydrogen-bond donors (Lipinski definition) is 3. The molecule has 0 aliphatic carbocycles. The highest BCUT2D eigenvalue weighted by Gasteiger charge is 2.13. The van der Waals surface area contributed by atoms with E-state index >= 15 is 0 Å². The summed E-state index contributed by atoms with van der Waals surface area (Å²) in [5.74, 6) is -0.860. The lowest BCUT2D eigenvalue weighted by molar-refractivity contribution is 0.0594. The maximum atomic E-state index is 10.9. The van der Waals surface area contributed by atoms with Gasteiger partial charge in [0.25, 0.3) is 5.56 Å². The molecule has 0 aliphatic rings. The normalized spacial score (nSPS) is 9.62. The fraction of sp³-hybridized carbons (Fsp3) is 0.167. The number of anilines is 1. The minimum absolute atomic E-state index is 0.337. The van der Waals surface area contributed by atoms with Gasteiger partial charge in [-0.1, -0.05) is 0 Å². The number of nitrogens with one attached hydrogen (secondary N) is 2. The number of carbonyl (C=O) groups excluding carboxylic acids is 1. The van der Waals surface area contributed by atoms with Crippen molar-refractivity contribution in [2.75, 3.05) is 12.8 Å². The highest BCUT2D eigenvalue weighted by Crippen LogP contribution is 1.99. The summed E-state index contributed by atoms with van der Waals surface area (Å²) in [5, 5.41) is 0. The van der Waals surface area contributed by atoms with Crippen LogP contribution in [0.15, 0.2) is 9.59 Å². The Hall–Kier alpha value is -2.05. The third-order valence-corrected chi connectivity index (χ3v) is 1.37. The Kier molecular flexibility index (Phi) is 2.18. The number of aromatic nitrogens is 2. The predicted octanol–water partition coefficient (Wildman–Crippen LogP) is -1.57. The quantitative estimate of drug-likeness (QED) is 0.457. The van der Waals surface area contributed by atoms with Crippen molar-refractivity contribution >= 4 is 11.7 Å². The van der Waals surface area contributed by atoms with Crippen molar-refractivity contribution in [2.45, 2.75) is 0 Å². The summed E-state index contributed by atoms with van der Waals surface area (Å²) in [6.07, 6.45) is 0. The molecule has 0 bridgehead atoms. The lowest BCUT2D eigenvalue weighted by atomic mass is 10.3. The topological polar surface area (TPSA) is 118 Å². The predicted molar refractivity (Wildman–Crippen MR) is 43.4 cm³/mol. The molecule has 0 amide bonds. The number of aromatic amines is 2. The molecule has 7 nitrogen and oxygen atoms in total. The third kappa shape index (κ3) is 1.58. The Labute approximate surface area is 71.5 Å². The van der Waals surface area contributed by atoms with Gasteiger partial charge in [0, 0.05) is 0 Å². The molecular formula is C6H7N3O4. The maximum Gasteiger partial charge on any atom is 0.356 e. The second-order valence-corrected chi connectivity index (χ2v) is 2.19. The summed E-state index contributed by atoms with van der Waals surface area (Å²) in [6, 6.07) is 0. The molecule has 0 aromatic carbocycles. The van der Waals surface area contributed by atoms with E-state index in [4.69, 9.17) is 5.73 Å². The Balaban J connectivity index is 3.46. The molecule has 70 valence electrons. The Bertz CT molecular complexity index is 444. The van der Waals surface area contributed by atoms with Crippen molar-refractivity contribution in [1.29, 1.82) is 0 Å². The van der Waals surface area contributed by atoms with Gasteiger partial charge in [0.15, 0.2) is 5.69 Å². The van der Waals surface area contributed by atoms with Gasteiger partial charge in [-0.25, -0.2) is 9.59 Å². The largest absolute Gasteiger partial charge is 0.464 e. The van der Waals surface area contributed by atoms with Crippen molar-refractivity contribution in [3.63, 3.8) is 0 Å². The fourth-order valence-electron chi connectivity index (χ4n) is 0.759. The van der Waals surface area contributed by atoms with Crippen LogP contribution in [0.4, 0.5) is 5.69 Å². The number of ether oxygens (including phenoxy) is 1. The van der Waals surface area contributed by atoms with Gasteiger partial charge in [0.1, 0.15) is 5.69 Å². The van der Waals surface area contributed by atoms with E-state index in [1.54, 1.807) is 0 Å². The molecule has 0 saturated carbocycles. The lowest BCUT2D eigenvalue weighted by Crippen LogP contribution is -2.29. The van der Waals surface area contributed by atoms with Crippen LogP contribution in [0.5, 0.6) is 0 Å². The first-order chi connectivity index (χ1) is 6.06. The van der Waals surface area contributed by atoms with Crippen molar-refractivity contribution in [3.8, 4) is 0 Å². The average Bonchev–Trinajstić information content (AvgIpc) is 2.10. The molecule has 1 aromatic heterocycles. The van der Waals surface area contributed by atoms with Crippen molar-refractivity contribution in [1.82, 2.24) is 9.97 Å². The Morgan fingerprint density at radius 3 is 2.54 bits per heavy atom. The first-order valence-electron chi connectivity index (χ1n) is 3.26. The van der Waals surface area contributed by atoms with E-state index in [2.05, 4.69) is 9.72 Å². The first-order valence-corrected chi connectivity index (χ1v) is 3.26. The molecule has 1 rings (SSSR count). The summed E-state index contributed by atoms with van der Waals surface area (Å²) in [4.78, 5) is 36.4. The van der Waals surface area contributed by atoms with Crippen LogP contribution < -0.4 is 17.0 Å². The molecule has 0 spiro atoms. The minimum atomic E-state index is -0.860. The second-order valence-electron chi connectivity index (χ2n) is 2.19. The van der Waals surface area contributed by atoms with Crippen LogP contribution >= 0.6 is 0 Å². The molecule has 0 atom stereocenters. The van der Waals surface area contributed by atoms with E-state index in [0.29, 0.717) is 0 Å². The monoisotopic (exact) mass is 185 g/mol. The van der Waals surface area contributed by atoms with Gasteiger partial charge < -0.3 is 10.5 Å². The SMILES string of the molecule is COC(=O)c1[nH]c(=O)[nH]c(=O)c1N. The molecule has 13 heavy (non-hydrogen) atoms. The van der Waals surface area contributed by atoms with E-state index in [9.17, 15) is 14.4 Å². The van der Waals surface area contributed by atoms with E-state index < -0.39 is 17.2 Å². The number of hydrogen-bond acceptors (Lipinski definition) is 5. The number of nitrogens with two attached hydrogens (primary N) is 1. The first kappa shape index (κ1) is 9.04. The van der Waals surface area contributed by atoms with Crippen molar-refractivity contribution in [3.05, 3.63) is 26.5 Å². The van der Waals surface area contributed by atoms with E-state index in [1.165, 1.54) is 0 Å². The average molecular weight is 185 g/mol. The van der Waals surface area contributed by atoms with Crippen LogP contribution in [-0.4, -0.2) is 23.0 Å². The number of esters is 1. The molecule has 0 radical (unpaired) electrons. The highest BCUT2D eigenvalue weighted by molar-refractivity contribution is 5.92. The molecular weight excluding hydrogens is 178 g/mol. The highest BCUT2D eigenvalue weighted by atomic mass is 16.5. The summed E-state index contributed by atoms with van der Waals surface area (Å²) in [5.41, 5.74) is 2.89. The maximum absolute atomic E-state index is 10.9. The zero-order chi connectivity index (χ0) is 10.0. The Morgan fingerprint density at radius 2 is 2.00 bits per heavy atom. The van der Waals surface area contributed by atoms with Crippen molar-refractivity contribution in [2.24, 2.45) is 0 Å². The standard InChI is InChI=1S/C6H7N3O4/c1-13-5(11)3-2(7)4(10)9-6(12)8-3/h7H2,1H3,(H2,8,9,10,12). The fourth-order valence-corrected chi connectivity index (χ4v) is 0.759. The minimum Gasteiger partial charge on any atom is -0.464 e. The molecule has 0 aliphatic heterocycles. The van der Waals surface area contributed by atoms with Gasteiger partial charge >= 0.3 is 11.7 Å². The summed E-state index contributed by atoms with van der Waals surface area (Å²) in [7, 11) is 1.11. The molecule has 4 N–H and O–H groups in total. The zero-order valence-electron chi connectivity index (χ0n) is 6.71. The molecule has 0 unspecified atom stereocenters. The van der Waals surface area contributed by atoms with Gasteiger partial charge in [-0.2, -0.15) is 0 Å².